The monoisotopic (exact) mass is 273 g/mol. The number of hydrogen-bond acceptors (Lipinski definition) is 2. The van der Waals surface area contributed by atoms with Crippen molar-refractivity contribution in [2.75, 3.05) is 7.11 Å². The second kappa shape index (κ2) is 6.17. The molecule has 0 aliphatic heterocycles. The third-order valence-corrected chi connectivity index (χ3v) is 4.92. The third kappa shape index (κ3) is 3.35. The summed E-state index contributed by atoms with van der Waals surface area (Å²) >= 11 is 0. The van der Waals surface area contributed by atoms with Gasteiger partial charge in [0.2, 0.25) is 0 Å². The normalized spacial score (nSPS) is 23.2. The Bertz CT molecular complexity index is 453. The molecule has 2 atom stereocenters. The fourth-order valence-electron chi connectivity index (χ4n) is 3.44. The van der Waals surface area contributed by atoms with E-state index in [4.69, 9.17) is 4.74 Å². The standard InChI is InChI=1S/C18H27NO/c1-3-16(10-13-4-5-13)19-17-8-6-14-7-9-18(20-2)12-15(14)11-17/h7,9,12-13,16-17,19H,3-6,8,10-11H2,1-2H3. The molecule has 0 spiro atoms. The topological polar surface area (TPSA) is 21.3 Å². The van der Waals surface area contributed by atoms with E-state index in [-0.39, 0.29) is 0 Å². The van der Waals surface area contributed by atoms with Gasteiger partial charge in [-0.15, -0.1) is 0 Å². The van der Waals surface area contributed by atoms with Crippen LogP contribution in [-0.2, 0) is 12.8 Å². The minimum absolute atomic E-state index is 0.651. The molecule has 0 amide bonds. The fraction of sp³-hybridized carbons (Fsp3) is 0.667. The van der Waals surface area contributed by atoms with E-state index in [0.29, 0.717) is 6.04 Å². The maximum Gasteiger partial charge on any atom is 0.119 e. The number of methoxy groups -OCH3 is 1. The SMILES string of the molecule is CCC(CC1CC1)NC1CCc2ccc(OC)cc2C1. The van der Waals surface area contributed by atoms with E-state index in [1.807, 2.05) is 0 Å². The summed E-state index contributed by atoms with van der Waals surface area (Å²) in [5.41, 5.74) is 2.99. The first-order valence-corrected chi connectivity index (χ1v) is 8.20. The van der Waals surface area contributed by atoms with Crippen LogP contribution >= 0.6 is 0 Å². The summed E-state index contributed by atoms with van der Waals surface area (Å²) in [6.07, 6.45) is 9.22. The molecule has 0 heterocycles. The number of nitrogens with one attached hydrogen (secondary N) is 1. The Morgan fingerprint density at radius 2 is 2.10 bits per heavy atom. The number of benzene rings is 1. The summed E-state index contributed by atoms with van der Waals surface area (Å²) in [6.45, 7) is 2.32. The van der Waals surface area contributed by atoms with Crippen LogP contribution in [-0.4, -0.2) is 19.2 Å². The van der Waals surface area contributed by atoms with Crippen molar-refractivity contribution in [1.29, 1.82) is 0 Å². The Morgan fingerprint density at radius 1 is 1.25 bits per heavy atom. The quantitative estimate of drug-likeness (QED) is 0.853. The van der Waals surface area contributed by atoms with E-state index in [1.165, 1.54) is 49.7 Å². The largest absolute Gasteiger partial charge is 0.497 e. The van der Waals surface area contributed by atoms with Crippen LogP contribution in [0, 0.1) is 5.92 Å². The van der Waals surface area contributed by atoms with Gasteiger partial charge in [0.1, 0.15) is 5.75 Å². The van der Waals surface area contributed by atoms with Crippen LogP contribution in [0.5, 0.6) is 5.75 Å². The maximum absolute atomic E-state index is 5.36. The average Bonchev–Trinajstić information content (AvgIpc) is 3.29. The van der Waals surface area contributed by atoms with Gasteiger partial charge in [0.25, 0.3) is 0 Å². The number of ether oxygens (including phenoxy) is 1. The first-order valence-electron chi connectivity index (χ1n) is 8.20. The van der Waals surface area contributed by atoms with E-state index >= 15 is 0 Å². The molecule has 1 fully saturated rings. The van der Waals surface area contributed by atoms with Gasteiger partial charge in [0, 0.05) is 12.1 Å². The second-order valence-corrected chi connectivity index (χ2v) is 6.53. The highest BCUT2D eigenvalue weighted by Gasteiger charge is 2.27. The molecule has 0 bridgehead atoms. The molecule has 0 radical (unpaired) electrons. The van der Waals surface area contributed by atoms with Crippen molar-refractivity contribution in [3.8, 4) is 5.75 Å². The first kappa shape index (κ1) is 13.9. The number of aryl methyl sites for hydroxylation is 1. The molecule has 1 saturated carbocycles. The zero-order valence-electron chi connectivity index (χ0n) is 12.8. The molecule has 2 unspecified atom stereocenters. The van der Waals surface area contributed by atoms with Crippen molar-refractivity contribution < 1.29 is 4.74 Å². The van der Waals surface area contributed by atoms with Crippen molar-refractivity contribution in [3.63, 3.8) is 0 Å². The average molecular weight is 273 g/mol. The first-order chi connectivity index (χ1) is 9.78. The van der Waals surface area contributed by atoms with Crippen molar-refractivity contribution in [2.24, 2.45) is 5.92 Å². The van der Waals surface area contributed by atoms with Crippen LogP contribution in [0.1, 0.15) is 50.2 Å². The number of rotatable bonds is 6. The van der Waals surface area contributed by atoms with Gasteiger partial charge in [0.15, 0.2) is 0 Å². The number of fused-ring (bicyclic) bond motifs is 1. The molecule has 2 heteroatoms. The summed E-state index contributed by atoms with van der Waals surface area (Å²) in [5.74, 6) is 2.01. The lowest BCUT2D eigenvalue weighted by atomic mass is 9.87. The molecule has 0 aromatic heterocycles. The van der Waals surface area contributed by atoms with Gasteiger partial charge in [-0.25, -0.2) is 0 Å². The molecule has 20 heavy (non-hydrogen) atoms. The molecule has 110 valence electrons. The summed E-state index contributed by atoms with van der Waals surface area (Å²) in [5, 5.41) is 3.91. The van der Waals surface area contributed by atoms with Gasteiger partial charge in [-0.05, 0) is 61.3 Å². The van der Waals surface area contributed by atoms with Crippen molar-refractivity contribution in [3.05, 3.63) is 29.3 Å². The summed E-state index contributed by atoms with van der Waals surface area (Å²) in [4.78, 5) is 0. The molecule has 2 aliphatic carbocycles. The highest BCUT2D eigenvalue weighted by Crippen LogP contribution is 2.34. The Balaban J connectivity index is 1.61. The molecule has 1 aromatic rings. The van der Waals surface area contributed by atoms with Crippen molar-refractivity contribution in [1.82, 2.24) is 5.32 Å². The van der Waals surface area contributed by atoms with Gasteiger partial charge in [-0.1, -0.05) is 25.8 Å². The van der Waals surface area contributed by atoms with E-state index in [9.17, 15) is 0 Å². The number of hydrogen-bond donors (Lipinski definition) is 1. The smallest absolute Gasteiger partial charge is 0.119 e. The molecular formula is C18H27NO. The summed E-state index contributed by atoms with van der Waals surface area (Å²) < 4.78 is 5.36. The van der Waals surface area contributed by atoms with Crippen molar-refractivity contribution >= 4 is 0 Å². The Kier molecular flexibility index (Phi) is 4.30. The van der Waals surface area contributed by atoms with E-state index < -0.39 is 0 Å². The second-order valence-electron chi connectivity index (χ2n) is 6.53. The van der Waals surface area contributed by atoms with Crippen LogP contribution in [0.2, 0.25) is 0 Å². The molecule has 2 aliphatic rings. The van der Waals surface area contributed by atoms with Crippen LogP contribution in [0.3, 0.4) is 0 Å². The van der Waals surface area contributed by atoms with Gasteiger partial charge in [-0.2, -0.15) is 0 Å². The molecule has 3 rings (SSSR count). The highest BCUT2D eigenvalue weighted by molar-refractivity contribution is 5.37. The third-order valence-electron chi connectivity index (χ3n) is 4.92. The lowest BCUT2D eigenvalue weighted by molar-refractivity contribution is 0.359. The van der Waals surface area contributed by atoms with E-state index in [0.717, 1.165) is 24.1 Å². The highest BCUT2D eigenvalue weighted by atomic mass is 16.5. The fourth-order valence-corrected chi connectivity index (χ4v) is 3.44. The lowest BCUT2D eigenvalue weighted by Crippen LogP contribution is -2.41. The molecule has 1 N–H and O–H groups in total. The van der Waals surface area contributed by atoms with Gasteiger partial charge in [-0.3, -0.25) is 0 Å². The molecule has 1 aromatic carbocycles. The summed E-state index contributed by atoms with van der Waals surface area (Å²) in [6, 6.07) is 7.93. The minimum atomic E-state index is 0.651. The van der Waals surface area contributed by atoms with Crippen LogP contribution in [0.4, 0.5) is 0 Å². The Morgan fingerprint density at radius 3 is 2.80 bits per heavy atom. The molecule has 0 saturated heterocycles. The van der Waals surface area contributed by atoms with E-state index in [2.05, 4.69) is 30.4 Å². The van der Waals surface area contributed by atoms with E-state index in [1.54, 1.807) is 7.11 Å². The lowest BCUT2D eigenvalue weighted by Gasteiger charge is -2.30. The van der Waals surface area contributed by atoms with Gasteiger partial charge in [0.05, 0.1) is 7.11 Å². The zero-order valence-corrected chi connectivity index (χ0v) is 12.8. The van der Waals surface area contributed by atoms with Crippen LogP contribution in [0.25, 0.3) is 0 Å². The van der Waals surface area contributed by atoms with Crippen molar-refractivity contribution in [2.45, 2.75) is 64.0 Å². The zero-order chi connectivity index (χ0) is 13.9. The van der Waals surface area contributed by atoms with Gasteiger partial charge >= 0.3 is 0 Å². The molecule has 2 nitrogen and oxygen atoms in total. The van der Waals surface area contributed by atoms with Crippen LogP contribution in [0.15, 0.2) is 18.2 Å². The van der Waals surface area contributed by atoms with Crippen LogP contribution < -0.4 is 10.1 Å². The summed E-state index contributed by atoms with van der Waals surface area (Å²) in [7, 11) is 1.75. The predicted octanol–water partition coefficient (Wildman–Crippen LogP) is 3.72. The predicted molar refractivity (Wildman–Crippen MR) is 83.4 cm³/mol. The molecular weight excluding hydrogens is 246 g/mol. The Labute approximate surface area is 122 Å². The Hall–Kier alpha value is -1.02. The maximum atomic E-state index is 5.36. The minimum Gasteiger partial charge on any atom is -0.497 e. The van der Waals surface area contributed by atoms with Gasteiger partial charge < -0.3 is 10.1 Å².